The van der Waals surface area contributed by atoms with E-state index >= 15 is 0 Å². The van der Waals surface area contributed by atoms with E-state index in [9.17, 15) is 10.4 Å². The molecular weight excluding hydrogens is 290 g/mol. The zero-order chi connectivity index (χ0) is 16.4. The second-order valence-corrected chi connectivity index (χ2v) is 5.08. The molecule has 0 aliphatic heterocycles. The molecule has 5 nitrogen and oxygen atoms in total. The maximum absolute atomic E-state index is 9.66. The highest BCUT2D eigenvalue weighted by Gasteiger charge is 2.12. The third-order valence-electron chi connectivity index (χ3n) is 3.66. The summed E-state index contributed by atoms with van der Waals surface area (Å²) in [5.41, 5.74) is 3.00. The Morgan fingerprint density at radius 2 is 2.09 bits per heavy atom. The van der Waals surface area contributed by atoms with Gasteiger partial charge in [0.2, 0.25) is 0 Å². The summed E-state index contributed by atoms with van der Waals surface area (Å²) in [6.45, 7) is 0. The topological polar surface area (TPSA) is 71.1 Å². The van der Waals surface area contributed by atoms with Crippen molar-refractivity contribution in [1.82, 2.24) is 9.55 Å². The number of para-hydroxylation sites is 2. The van der Waals surface area contributed by atoms with Gasteiger partial charge in [-0.3, -0.25) is 0 Å². The molecule has 3 rings (SSSR count). The average molecular weight is 305 g/mol. The molecule has 0 saturated carbocycles. The molecule has 2 aromatic carbocycles. The molecule has 0 bridgehead atoms. The Labute approximate surface area is 133 Å². The number of hydrogen-bond acceptors (Lipinski definition) is 4. The number of aromatic nitrogens is 2. The van der Waals surface area contributed by atoms with Gasteiger partial charge < -0.3 is 14.4 Å². The van der Waals surface area contributed by atoms with Gasteiger partial charge in [0.05, 0.1) is 23.7 Å². The van der Waals surface area contributed by atoms with Crippen molar-refractivity contribution in [3.05, 3.63) is 53.9 Å². The van der Waals surface area contributed by atoms with Crippen LogP contribution in [0.15, 0.2) is 42.5 Å². The lowest BCUT2D eigenvalue weighted by atomic mass is 10.1. The van der Waals surface area contributed by atoms with Crippen LogP contribution in [0.3, 0.4) is 0 Å². The number of fused-ring (bicyclic) bond motifs is 1. The zero-order valence-electron chi connectivity index (χ0n) is 12.8. The molecule has 23 heavy (non-hydrogen) atoms. The molecule has 0 radical (unpaired) electrons. The van der Waals surface area contributed by atoms with Crippen LogP contribution in [0.25, 0.3) is 22.7 Å². The lowest BCUT2D eigenvalue weighted by Gasteiger charge is -2.05. The van der Waals surface area contributed by atoms with Gasteiger partial charge in [-0.15, -0.1) is 0 Å². The highest BCUT2D eigenvalue weighted by atomic mass is 16.5. The van der Waals surface area contributed by atoms with Gasteiger partial charge in [-0.1, -0.05) is 18.2 Å². The second kappa shape index (κ2) is 5.85. The van der Waals surface area contributed by atoms with Crippen LogP contribution in [0.5, 0.6) is 11.5 Å². The van der Waals surface area contributed by atoms with E-state index in [2.05, 4.69) is 11.1 Å². The Bertz CT molecular complexity index is 949. The number of aromatic hydroxyl groups is 1. The number of phenolic OH excluding ortho intramolecular Hbond substituents is 1. The van der Waals surface area contributed by atoms with Crippen molar-refractivity contribution in [1.29, 1.82) is 5.26 Å². The Morgan fingerprint density at radius 1 is 1.30 bits per heavy atom. The van der Waals surface area contributed by atoms with E-state index in [0.717, 1.165) is 16.6 Å². The van der Waals surface area contributed by atoms with Crippen LogP contribution in [0.2, 0.25) is 0 Å². The van der Waals surface area contributed by atoms with Crippen molar-refractivity contribution in [2.75, 3.05) is 7.11 Å². The number of rotatable bonds is 3. The molecule has 0 aliphatic rings. The Kier molecular flexibility index (Phi) is 3.73. The monoisotopic (exact) mass is 305 g/mol. The minimum Gasteiger partial charge on any atom is -0.504 e. The van der Waals surface area contributed by atoms with E-state index in [0.29, 0.717) is 17.1 Å². The van der Waals surface area contributed by atoms with Gasteiger partial charge in [0.1, 0.15) is 6.07 Å². The average Bonchev–Trinajstić information content (AvgIpc) is 2.91. The van der Waals surface area contributed by atoms with Crippen LogP contribution < -0.4 is 4.74 Å². The summed E-state index contributed by atoms with van der Waals surface area (Å²) in [4.78, 5) is 4.53. The third kappa shape index (κ3) is 2.62. The molecule has 1 heterocycles. The van der Waals surface area contributed by atoms with Crippen LogP contribution in [-0.4, -0.2) is 21.8 Å². The van der Waals surface area contributed by atoms with Crippen molar-refractivity contribution in [3.63, 3.8) is 0 Å². The number of hydrogen-bond donors (Lipinski definition) is 1. The fraction of sp³-hybridized carbons (Fsp3) is 0.111. The predicted molar refractivity (Wildman–Crippen MR) is 88.9 cm³/mol. The molecule has 0 unspecified atom stereocenters. The molecule has 3 aromatic rings. The Hall–Kier alpha value is -3.26. The number of nitrogens with zero attached hydrogens (tertiary/aromatic N) is 3. The lowest BCUT2D eigenvalue weighted by molar-refractivity contribution is 0.373. The molecule has 0 amide bonds. The maximum Gasteiger partial charge on any atom is 0.161 e. The first kappa shape index (κ1) is 14.7. The van der Waals surface area contributed by atoms with Crippen LogP contribution in [-0.2, 0) is 7.05 Å². The van der Waals surface area contributed by atoms with Gasteiger partial charge in [0.15, 0.2) is 17.3 Å². The predicted octanol–water partition coefficient (Wildman–Crippen LogP) is 3.35. The van der Waals surface area contributed by atoms with Crippen molar-refractivity contribution in [2.24, 2.45) is 7.05 Å². The molecule has 1 N–H and O–H groups in total. The molecule has 0 saturated heterocycles. The quantitative estimate of drug-likeness (QED) is 0.753. The first-order chi connectivity index (χ1) is 11.1. The number of nitriles is 1. The number of aryl methyl sites for hydroxylation is 1. The van der Waals surface area contributed by atoms with Crippen LogP contribution >= 0.6 is 0 Å². The first-order valence-electron chi connectivity index (χ1n) is 7.04. The lowest BCUT2D eigenvalue weighted by Crippen LogP contribution is -1.96. The SMILES string of the molecule is COc1cc(/C=C(\C#N)c2nc3ccccc3n2C)ccc1O. The van der Waals surface area contributed by atoms with E-state index in [4.69, 9.17) is 4.74 Å². The number of imidazole rings is 1. The van der Waals surface area contributed by atoms with E-state index in [1.165, 1.54) is 13.2 Å². The summed E-state index contributed by atoms with van der Waals surface area (Å²) in [5, 5.41) is 19.2. The summed E-state index contributed by atoms with van der Waals surface area (Å²) in [6.07, 6.45) is 1.73. The molecule has 0 spiro atoms. The van der Waals surface area contributed by atoms with Gasteiger partial charge in [-0.25, -0.2) is 4.98 Å². The summed E-state index contributed by atoms with van der Waals surface area (Å²) in [7, 11) is 3.37. The summed E-state index contributed by atoms with van der Waals surface area (Å²) in [5.74, 6) is 1.02. The number of methoxy groups -OCH3 is 1. The number of benzene rings is 2. The Morgan fingerprint density at radius 3 is 2.78 bits per heavy atom. The molecule has 0 aliphatic carbocycles. The van der Waals surface area contributed by atoms with Crippen molar-refractivity contribution >= 4 is 22.7 Å². The van der Waals surface area contributed by atoms with Crippen molar-refractivity contribution in [2.45, 2.75) is 0 Å². The minimum atomic E-state index is 0.0610. The summed E-state index contributed by atoms with van der Waals surface area (Å²) in [6, 6.07) is 14.9. The van der Waals surface area contributed by atoms with E-state index in [1.54, 1.807) is 18.2 Å². The second-order valence-electron chi connectivity index (χ2n) is 5.08. The normalized spacial score (nSPS) is 11.4. The number of phenols is 1. The fourth-order valence-corrected chi connectivity index (χ4v) is 2.48. The zero-order valence-corrected chi connectivity index (χ0v) is 12.8. The molecule has 114 valence electrons. The fourth-order valence-electron chi connectivity index (χ4n) is 2.48. The largest absolute Gasteiger partial charge is 0.504 e. The molecule has 5 heteroatoms. The van der Waals surface area contributed by atoms with Crippen molar-refractivity contribution < 1.29 is 9.84 Å². The molecule has 0 atom stereocenters. The van der Waals surface area contributed by atoms with E-state index in [1.807, 2.05) is 35.9 Å². The van der Waals surface area contributed by atoms with Gasteiger partial charge >= 0.3 is 0 Å². The molecule has 1 aromatic heterocycles. The molecule has 0 fully saturated rings. The van der Waals surface area contributed by atoms with E-state index < -0.39 is 0 Å². The number of ether oxygens (including phenoxy) is 1. The Balaban J connectivity index is 2.11. The van der Waals surface area contributed by atoms with E-state index in [-0.39, 0.29) is 5.75 Å². The van der Waals surface area contributed by atoms with Crippen LogP contribution in [0.4, 0.5) is 0 Å². The standard InChI is InChI=1S/C18H15N3O2/c1-21-15-6-4-3-5-14(15)20-18(21)13(11-19)9-12-7-8-16(22)17(10-12)23-2/h3-10,22H,1-2H3/b13-9+. The smallest absolute Gasteiger partial charge is 0.161 e. The first-order valence-corrected chi connectivity index (χ1v) is 7.04. The molecular formula is C18H15N3O2. The van der Waals surface area contributed by atoms with Gasteiger partial charge in [-0.2, -0.15) is 5.26 Å². The highest BCUT2D eigenvalue weighted by molar-refractivity contribution is 5.91. The van der Waals surface area contributed by atoms with Crippen LogP contribution in [0.1, 0.15) is 11.4 Å². The summed E-state index contributed by atoms with van der Waals surface area (Å²) < 4.78 is 6.99. The minimum absolute atomic E-state index is 0.0610. The van der Waals surface area contributed by atoms with Crippen LogP contribution in [0, 0.1) is 11.3 Å². The van der Waals surface area contributed by atoms with Gasteiger partial charge in [0, 0.05) is 7.05 Å². The third-order valence-corrected chi connectivity index (χ3v) is 3.66. The maximum atomic E-state index is 9.66. The van der Waals surface area contributed by atoms with Crippen molar-refractivity contribution in [3.8, 4) is 17.6 Å². The number of allylic oxidation sites excluding steroid dienone is 1. The highest BCUT2D eigenvalue weighted by Crippen LogP contribution is 2.28. The van der Waals surface area contributed by atoms with Gasteiger partial charge in [-0.05, 0) is 35.9 Å². The van der Waals surface area contributed by atoms with Gasteiger partial charge in [0.25, 0.3) is 0 Å². The summed E-state index contributed by atoms with van der Waals surface area (Å²) >= 11 is 0.